The van der Waals surface area contributed by atoms with Crippen molar-refractivity contribution in [2.24, 2.45) is 0 Å². The quantitative estimate of drug-likeness (QED) is 0.900. The van der Waals surface area contributed by atoms with E-state index < -0.39 is 5.41 Å². The Labute approximate surface area is 119 Å². The van der Waals surface area contributed by atoms with Crippen LogP contribution in [0, 0.1) is 5.82 Å². The zero-order valence-electron chi connectivity index (χ0n) is 12.1. The maximum atomic E-state index is 13.5. The Balaban J connectivity index is 2.23. The predicted molar refractivity (Wildman–Crippen MR) is 76.0 cm³/mol. The van der Waals surface area contributed by atoms with E-state index in [-0.39, 0.29) is 17.8 Å². The van der Waals surface area contributed by atoms with Crippen LogP contribution >= 0.6 is 0 Å². The molecule has 0 radical (unpaired) electrons. The molecule has 2 rings (SSSR count). The molecule has 1 saturated carbocycles. The lowest BCUT2D eigenvalue weighted by atomic mass is 9.78. The van der Waals surface area contributed by atoms with E-state index in [0.29, 0.717) is 6.61 Å². The number of rotatable bonds is 5. The van der Waals surface area contributed by atoms with Gasteiger partial charge in [0.2, 0.25) is 5.91 Å². The van der Waals surface area contributed by atoms with Gasteiger partial charge in [-0.1, -0.05) is 25.0 Å². The molecule has 110 valence electrons. The molecule has 1 aromatic carbocycles. The van der Waals surface area contributed by atoms with E-state index in [1.807, 2.05) is 13.0 Å². The third kappa shape index (κ3) is 3.01. The van der Waals surface area contributed by atoms with Crippen molar-refractivity contribution in [2.75, 3.05) is 13.7 Å². The highest BCUT2D eigenvalue weighted by Crippen LogP contribution is 2.41. The molecule has 0 bridgehead atoms. The summed E-state index contributed by atoms with van der Waals surface area (Å²) in [5.41, 5.74) is 0.210. The Bertz CT molecular complexity index is 469. The van der Waals surface area contributed by atoms with Gasteiger partial charge in [0.25, 0.3) is 0 Å². The van der Waals surface area contributed by atoms with Crippen molar-refractivity contribution < 1.29 is 13.9 Å². The van der Waals surface area contributed by atoms with Crippen molar-refractivity contribution >= 4 is 5.91 Å². The van der Waals surface area contributed by atoms with Gasteiger partial charge >= 0.3 is 0 Å². The van der Waals surface area contributed by atoms with Gasteiger partial charge in [-0.25, -0.2) is 4.39 Å². The first kappa shape index (κ1) is 15.0. The van der Waals surface area contributed by atoms with Crippen LogP contribution in [0.5, 0.6) is 0 Å². The molecule has 0 aromatic heterocycles. The fraction of sp³-hybridized carbons (Fsp3) is 0.562. The Morgan fingerprint density at radius 1 is 1.45 bits per heavy atom. The van der Waals surface area contributed by atoms with Crippen LogP contribution in [0.3, 0.4) is 0 Å². The van der Waals surface area contributed by atoms with Gasteiger partial charge in [0.05, 0.1) is 12.0 Å². The van der Waals surface area contributed by atoms with E-state index in [9.17, 15) is 9.18 Å². The summed E-state index contributed by atoms with van der Waals surface area (Å²) < 4.78 is 18.5. The van der Waals surface area contributed by atoms with Gasteiger partial charge < -0.3 is 10.1 Å². The van der Waals surface area contributed by atoms with E-state index >= 15 is 0 Å². The third-order valence-corrected chi connectivity index (χ3v) is 4.06. The topological polar surface area (TPSA) is 38.3 Å². The molecule has 0 heterocycles. The first-order chi connectivity index (χ1) is 9.58. The number of hydrogen-bond acceptors (Lipinski definition) is 2. The Hall–Kier alpha value is -1.42. The summed E-state index contributed by atoms with van der Waals surface area (Å²) >= 11 is 0. The predicted octanol–water partition coefficient (Wildman–Crippen LogP) is 2.79. The van der Waals surface area contributed by atoms with Crippen LogP contribution in [0.2, 0.25) is 0 Å². The Morgan fingerprint density at radius 2 is 2.15 bits per heavy atom. The summed E-state index contributed by atoms with van der Waals surface area (Å²) in [5.74, 6) is -0.295. The van der Waals surface area contributed by atoms with Crippen molar-refractivity contribution in [1.82, 2.24) is 5.32 Å². The first-order valence-corrected chi connectivity index (χ1v) is 7.14. The Kier molecular flexibility index (Phi) is 4.76. The number of amides is 1. The second kappa shape index (κ2) is 6.35. The van der Waals surface area contributed by atoms with Crippen LogP contribution in [-0.4, -0.2) is 25.7 Å². The van der Waals surface area contributed by atoms with Crippen LogP contribution < -0.4 is 5.32 Å². The van der Waals surface area contributed by atoms with Crippen molar-refractivity contribution in [3.63, 3.8) is 0 Å². The molecule has 0 aliphatic heterocycles. The lowest BCUT2D eigenvalue weighted by Crippen LogP contribution is -2.47. The molecule has 1 aliphatic rings. The van der Waals surface area contributed by atoms with Gasteiger partial charge in [-0.2, -0.15) is 0 Å². The minimum atomic E-state index is -0.579. The number of hydrogen-bond donors (Lipinski definition) is 1. The smallest absolute Gasteiger partial charge is 0.230 e. The molecule has 20 heavy (non-hydrogen) atoms. The first-order valence-electron chi connectivity index (χ1n) is 7.14. The maximum Gasteiger partial charge on any atom is 0.230 e. The molecule has 0 saturated heterocycles. The van der Waals surface area contributed by atoms with Crippen LogP contribution in [0.25, 0.3) is 0 Å². The number of halogens is 1. The molecule has 1 fully saturated rings. The van der Waals surface area contributed by atoms with Crippen molar-refractivity contribution in [1.29, 1.82) is 0 Å². The van der Waals surface area contributed by atoms with E-state index in [1.165, 1.54) is 12.1 Å². The summed E-state index contributed by atoms with van der Waals surface area (Å²) in [7, 11) is 1.61. The van der Waals surface area contributed by atoms with Gasteiger partial charge in [0, 0.05) is 13.2 Å². The number of carbonyl (C=O) groups excluding carboxylic acids is 1. The van der Waals surface area contributed by atoms with E-state index in [0.717, 1.165) is 31.2 Å². The molecule has 1 atom stereocenters. The van der Waals surface area contributed by atoms with Gasteiger partial charge in [-0.15, -0.1) is 0 Å². The fourth-order valence-electron chi connectivity index (χ4n) is 3.07. The monoisotopic (exact) mass is 279 g/mol. The number of ether oxygens (including phenoxy) is 1. The molecule has 0 spiro atoms. The molecular formula is C16H22FNO2. The highest BCUT2D eigenvalue weighted by molar-refractivity contribution is 5.88. The molecule has 1 unspecified atom stereocenters. The van der Waals surface area contributed by atoms with Gasteiger partial charge in [-0.05, 0) is 37.5 Å². The molecule has 3 nitrogen and oxygen atoms in total. The number of carbonyl (C=O) groups is 1. The van der Waals surface area contributed by atoms with E-state index in [2.05, 4.69) is 5.32 Å². The largest absolute Gasteiger partial charge is 0.383 e. The molecule has 1 amide bonds. The standard InChI is InChI=1S/C16H22FNO2/c1-12(11-20-2)18-15(19)16(8-3-4-9-16)13-6-5-7-14(17)10-13/h5-7,10,12H,3-4,8-9,11H2,1-2H3,(H,18,19). The highest BCUT2D eigenvalue weighted by atomic mass is 19.1. The van der Waals surface area contributed by atoms with Gasteiger partial charge in [0.1, 0.15) is 5.82 Å². The van der Waals surface area contributed by atoms with Crippen LogP contribution in [0.1, 0.15) is 38.2 Å². The number of nitrogens with one attached hydrogen (secondary N) is 1. The van der Waals surface area contributed by atoms with Gasteiger partial charge in [0.15, 0.2) is 0 Å². The zero-order valence-corrected chi connectivity index (χ0v) is 12.1. The van der Waals surface area contributed by atoms with E-state index in [1.54, 1.807) is 13.2 Å². The number of methoxy groups -OCH3 is 1. The number of benzene rings is 1. The SMILES string of the molecule is COCC(C)NC(=O)C1(c2cccc(F)c2)CCCC1. The Morgan fingerprint density at radius 3 is 2.75 bits per heavy atom. The van der Waals surface area contributed by atoms with Crippen LogP contribution in [-0.2, 0) is 14.9 Å². The highest BCUT2D eigenvalue weighted by Gasteiger charge is 2.43. The lowest BCUT2D eigenvalue weighted by Gasteiger charge is -2.30. The second-order valence-electron chi connectivity index (χ2n) is 5.63. The average Bonchev–Trinajstić information content (AvgIpc) is 2.89. The molecular weight excluding hydrogens is 257 g/mol. The minimum absolute atomic E-state index is 0.00912. The zero-order chi connectivity index (χ0) is 14.6. The van der Waals surface area contributed by atoms with Crippen molar-refractivity contribution in [3.05, 3.63) is 35.6 Å². The van der Waals surface area contributed by atoms with Crippen LogP contribution in [0.4, 0.5) is 4.39 Å². The second-order valence-corrected chi connectivity index (χ2v) is 5.63. The molecule has 4 heteroatoms. The molecule has 1 N–H and O–H groups in total. The van der Waals surface area contributed by atoms with E-state index in [4.69, 9.17) is 4.74 Å². The summed E-state index contributed by atoms with van der Waals surface area (Å²) in [6, 6.07) is 6.40. The summed E-state index contributed by atoms with van der Waals surface area (Å²) in [4.78, 5) is 12.7. The molecule has 1 aromatic rings. The minimum Gasteiger partial charge on any atom is -0.383 e. The fourth-order valence-corrected chi connectivity index (χ4v) is 3.07. The summed E-state index contributed by atoms with van der Waals surface area (Å²) in [6.45, 7) is 2.39. The summed E-state index contributed by atoms with van der Waals surface area (Å²) in [6.07, 6.45) is 3.56. The normalized spacial score (nSPS) is 18.8. The lowest BCUT2D eigenvalue weighted by molar-refractivity contribution is -0.127. The van der Waals surface area contributed by atoms with Gasteiger partial charge in [-0.3, -0.25) is 4.79 Å². The van der Waals surface area contributed by atoms with Crippen molar-refractivity contribution in [2.45, 2.75) is 44.1 Å². The van der Waals surface area contributed by atoms with Crippen LogP contribution in [0.15, 0.2) is 24.3 Å². The summed E-state index contributed by atoms with van der Waals surface area (Å²) in [5, 5.41) is 3.00. The average molecular weight is 279 g/mol. The van der Waals surface area contributed by atoms with Crippen molar-refractivity contribution in [3.8, 4) is 0 Å². The molecule has 1 aliphatic carbocycles. The third-order valence-electron chi connectivity index (χ3n) is 4.06. The maximum absolute atomic E-state index is 13.5.